The van der Waals surface area contributed by atoms with Crippen molar-refractivity contribution in [2.45, 2.75) is 45.8 Å². The molecule has 0 saturated carbocycles. The molecule has 2 aromatic rings. The number of amides is 1. The normalized spacial score (nSPS) is 17.8. The fourth-order valence-corrected chi connectivity index (χ4v) is 3.43. The van der Waals surface area contributed by atoms with Gasteiger partial charge in [-0.05, 0) is 52.1 Å². The molecule has 1 saturated heterocycles. The number of nitro groups is 1. The minimum atomic E-state index is -0.485. The molecule has 2 N–H and O–H groups in total. The van der Waals surface area contributed by atoms with Gasteiger partial charge in [0.1, 0.15) is 11.4 Å². The summed E-state index contributed by atoms with van der Waals surface area (Å²) >= 11 is 0. The van der Waals surface area contributed by atoms with Crippen molar-refractivity contribution < 1.29 is 14.5 Å². The molecule has 1 fully saturated rings. The van der Waals surface area contributed by atoms with Crippen LogP contribution in [0.5, 0.6) is 0 Å². The lowest BCUT2D eigenvalue weighted by atomic mass is 10.1. The Morgan fingerprint density at radius 3 is 2.96 bits per heavy atom. The van der Waals surface area contributed by atoms with Gasteiger partial charge >= 0.3 is 6.09 Å². The molecule has 0 bridgehead atoms. The largest absolute Gasteiger partial charge is 0.444 e. The van der Waals surface area contributed by atoms with Crippen LogP contribution < -0.4 is 5.32 Å². The maximum Gasteiger partial charge on any atom is 0.407 e. The molecule has 3 rings (SSSR count). The van der Waals surface area contributed by atoms with Gasteiger partial charge in [-0.2, -0.15) is 0 Å². The van der Waals surface area contributed by atoms with E-state index in [2.05, 4.69) is 20.2 Å². The van der Waals surface area contributed by atoms with Crippen LogP contribution in [0.4, 0.5) is 10.5 Å². The van der Waals surface area contributed by atoms with Crippen molar-refractivity contribution >= 4 is 22.8 Å². The molecule has 2 heterocycles. The van der Waals surface area contributed by atoms with Crippen molar-refractivity contribution in [3.8, 4) is 0 Å². The van der Waals surface area contributed by atoms with Gasteiger partial charge < -0.3 is 15.0 Å². The van der Waals surface area contributed by atoms with Crippen LogP contribution in [0.1, 0.15) is 39.4 Å². The lowest BCUT2D eigenvalue weighted by molar-refractivity contribution is -0.384. The van der Waals surface area contributed by atoms with Gasteiger partial charge in [0, 0.05) is 25.2 Å². The molecule has 1 aliphatic rings. The van der Waals surface area contributed by atoms with E-state index < -0.39 is 10.5 Å². The Morgan fingerprint density at radius 1 is 1.46 bits per heavy atom. The molecule has 152 valence electrons. The fourth-order valence-electron chi connectivity index (χ4n) is 3.43. The van der Waals surface area contributed by atoms with E-state index in [1.165, 1.54) is 12.1 Å². The Bertz CT molecular complexity index is 858. The SMILES string of the molecule is CC(C)(C)OC(=O)NCCC1CCN(Cc2nc3cc([N+](=O)[O-])ccc3[nH]2)C1. The number of nitrogens with one attached hydrogen (secondary N) is 2. The third-order valence-electron chi connectivity index (χ3n) is 4.69. The van der Waals surface area contributed by atoms with Crippen LogP contribution in [0, 0.1) is 16.0 Å². The van der Waals surface area contributed by atoms with Crippen LogP contribution in [-0.2, 0) is 11.3 Å². The number of carbonyl (C=O) groups is 1. The average Bonchev–Trinajstić information content (AvgIpc) is 3.18. The van der Waals surface area contributed by atoms with Crippen molar-refractivity contribution in [3.63, 3.8) is 0 Å². The first-order valence-electron chi connectivity index (χ1n) is 9.52. The van der Waals surface area contributed by atoms with E-state index in [4.69, 9.17) is 4.74 Å². The van der Waals surface area contributed by atoms with E-state index in [0.29, 0.717) is 24.5 Å². The van der Waals surface area contributed by atoms with Crippen LogP contribution >= 0.6 is 0 Å². The fraction of sp³-hybridized carbons (Fsp3) is 0.579. The zero-order chi connectivity index (χ0) is 20.3. The Balaban J connectivity index is 1.46. The zero-order valence-corrected chi connectivity index (χ0v) is 16.5. The summed E-state index contributed by atoms with van der Waals surface area (Å²) in [4.78, 5) is 32.2. The van der Waals surface area contributed by atoms with Crippen molar-refractivity contribution in [2.24, 2.45) is 5.92 Å². The van der Waals surface area contributed by atoms with E-state index in [-0.39, 0.29) is 11.8 Å². The second-order valence-electron chi connectivity index (χ2n) is 8.25. The number of aromatic nitrogens is 2. The second kappa shape index (κ2) is 8.14. The molecule has 1 aromatic carbocycles. The van der Waals surface area contributed by atoms with Crippen molar-refractivity contribution in [2.75, 3.05) is 19.6 Å². The first-order chi connectivity index (χ1) is 13.2. The summed E-state index contributed by atoms with van der Waals surface area (Å²) in [5.74, 6) is 1.32. The molecule has 0 spiro atoms. The molecule has 1 atom stereocenters. The number of hydrogen-bond acceptors (Lipinski definition) is 6. The summed E-state index contributed by atoms with van der Waals surface area (Å²) in [5.41, 5.74) is 0.977. The molecular formula is C19H27N5O4. The molecular weight excluding hydrogens is 362 g/mol. The van der Waals surface area contributed by atoms with Gasteiger partial charge in [-0.25, -0.2) is 9.78 Å². The molecule has 0 radical (unpaired) electrons. The molecule has 1 aromatic heterocycles. The van der Waals surface area contributed by atoms with Gasteiger partial charge in [-0.3, -0.25) is 15.0 Å². The molecule has 1 amide bonds. The van der Waals surface area contributed by atoms with Gasteiger partial charge in [-0.15, -0.1) is 0 Å². The number of imidazole rings is 1. The summed E-state index contributed by atoms with van der Waals surface area (Å²) in [7, 11) is 0. The highest BCUT2D eigenvalue weighted by Gasteiger charge is 2.24. The lowest BCUT2D eigenvalue weighted by Crippen LogP contribution is -2.33. The van der Waals surface area contributed by atoms with Crippen LogP contribution in [0.3, 0.4) is 0 Å². The van der Waals surface area contributed by atoms with E-state index in [9.17, 15) is 14.9 Å². The van der Waals surface area contributed by atoms with Crippen molar-refractivity contribution in [3.05, 3.63) is 34.1 Å². The minimum Gasteiger partial charge on any atom is -0.444 e. The third-order valence-corrected chi connectivity index (χ3v) is 4.69. The molecule has 0 aliphatic carbocycles. The molecule has 9 heteroatoms. The van der Waals surface area contributed by atoms with Crippen LogP contribution in [0.25, 0.3) is 11.0 Å². The molecule has 1 aliphatic heterocycles. The highest BCUT2D eigenvalue weighted by molar-refractivity contribution is 5.77. The first-order valence-corrected chi connectivity index (χ1v) is 9.52. The number of nitro benzene ring substituents is 1. The maximum atomic E-state index is 11.7. The summed E-state index contributed by atoms with van der Waals surface area (Å²) in [6, 6.07) is 4.66. The number of H-pyrrole nitrogens is 1. The second-order valence-corrected chi connectivity index (χ2v) is 8.25. The topological polar surface area (TPSA) is 113 Å². The number of nitrogens with zero attached hydrogens (tertiary/aromatic N) is 3. The Morgan fingerprint density at radius 2 is 2.25 bits per heavy atom. The van der Waals surface area contributed by atoms with Gasteiger partial charge in [-0.1, -0.05) is 0 Å². The zero-order valence-electron chi connectivity index (χ0n) is 16.5. The third kappa shape index (κ3) is 5.41. The number of non-ortho nitro benzene ring substituents is 1. The number of fused-ring (bicyclic) bond motifs is 1. The monoisotopic (exact) mass is 389 g/mol. The highest BCUT2D eigenvalue weighted by Crippen LogP contribution is 2.23. The van der Waals surface area contributed by atoms with Crippen molar-refractivity contribution in [1.82, 2.24) is 20.2 Å². The maximum absolute atomic E-state index is 11.7. The summed E-state index contributed by atoms with van der Waals surface area (Å²) in [6.45, 7) is 8.72. The summed E-state index contributed by atoms with van der Waals surface area (Å²) in [6.07, 6.45) is 1.60. The predicted octanol–water partition coefficient (Wildman–Crippen LogP) is 3.21. The molecule has 1 unspecified atom stereocenters. The molecule has 9 nitrogen and oxygen atoms in total. The number of hydrogen-bond donors (Lipinski definition) is 2. The Labute approximate surface area is 163 Å². The van der Waals surface area contributed by atoms with Crippen LogP contribution in [0.15, 0.2) is 18.2 Å². The van der Waals surface area contributed by atoms with Gasteiger partial charge in [0.25, 0.3) is 5.69 Å². The number of ether oxygens (including phenoxy) is 1. The van der Waals surface area contributed by atoms with Gasteiger partial charge in [0.2, 0.25) is 0 Å². The predicted molar refractivity (Wildman–Crippen MR) is 105 cm³/mol. The highest BCUT2D eigenvalue weighted by atomic mass is 16.6. The smallest absolute Gasteiger partial charge is 0.407 e. The molecule has 28 heavy (non-hydrogen) atoms. The minimum absolute atomic E-state index is 0.0456. The number of aromatic amines is 1. The number of likely N-dealkylation sites (tertiary alicyclic amines) is 1. The number of benzene rings is 1. The summed E-state index contributed by atoms with van der Waals surface area (Å²) in [5, 5.41) is 13.7. The number of alkyl carbamates (subject to hydrolysis) is 1. The number of rotatable bonds is 6. The number of carbonyl (C=O) groups excluding carboxylic acids is 1. The van der Waals surface area contributed by atoms with Gasteiger partial charge in [0.15, 0.2) is 0 Å². The van der Waals surface area contributed by atoms with Crippen molar-refractivity contribution in [1.29, 1.82) is 0 Å². The Hall–Kier alpha value is -2.68. The standard InChI is InChI=1S/C19H27N5O4/c1-19(2,3)28-18(25)20-8-6-13-7-9-23(11-13)12-17-21-15-5-4-14(24(26)27)10-16(15)22-17/h4-5,10,13H,6-9,11-12H2,1-3H3,(H,20,25)(H,21,22). The lowest BCUT2D eigenvalue weighted by Gasteiger charge is -2.20. The van der Waals surface area contributed by atoms with E-state index in [0.717, 1.165) is 37.3 Å². The van der Waals surface area contributed by atoms with Crippen LogP contribution in [-0.4, -0.2) is 51.1 Å². The van der Waals surface area contributed by atoms with E-state index >= 15 is 0 Å². The first kappa shape index (κ1) is 20.1. The quantitative estimate of drug-likeness (QED) is 0.579. The summed E-state index contributed by atoms with van der Waals surface area (Å²) < 4.78 is 5.24. The van der Waals surface area contributed by atoms with E-state index in [1.807, 2.05) is 20.8 Å². The van der Waals surface area contributed by atoms with Gasteiger partial charge in [0.05, 0.1) is 22.5 Å². The van der Waals surface area contributed by atoms with E-state index in [1.54, 1.807) is 6.07 Å². The Kier molecular flexibility index (Phi) is 5.83. The van der Waals surface area contributed by atoms with Crippen LogP contribution in [0.2, 0.25) is 0 Å². The average molecular weight is 389 g/mol.